The van der Waals surface area contributed by atoms with E-state index in [1.165, 1.54) is 13.2 Å². The lowest BCUT2D eigenvalue weighted by molar-refractivity contribution is -0.126. The Labute approximate surface area is 153 Å². The van der Waals surface area contributed by atoms with Crippen molar-refractivity contribution in [3.8, 4) is 11.5 Å². The van der Waals surface area contributed by atoms with Crippen LogP contribution in [0, 0.1) is 11.6 Å². The van der Waals surface area contributed by atoms with Gasteiger partial charge in [-0.15, -0.1) is 0 Å². The number of carbonyl (C=O) groups is 2. The zero-order valence-electron chi connectivity index (χ0n) is 13.8. The molecular weight excluding hydrogens is 366 g/mol. The highest BCUT2D eigenvalue weighted by Crippen LogP contribution is 2.22. The quantitative estimate of drug-likeness (QED) is 0.685. The molecule has 0 saturated carbocycles. The van der Waals surface area contributed by atoms with Crippen LogP contribution in [-0.2, 0) is 9.59 Å². The number of hydrogen-bond acceptors (Lipinski definition) is 5. The molecule has 0 heterocycles. The van der Waals surface area contributed by atoms with Crippen LogP contribution in [-0.4, -0.2) is 32.1 Å². The van der Waals surface area contributed by atoms with Crippen LogP contribution >= 0.6 is 11.9 Å². The summed E-state index contributed by atoms with van der Waals surface area (Å²) in [6, 6.07) is 10.0. The zero-order valence-corrected chi connectivity index (χ0v) is 14.6. The van der Waals surface area contributed by atoms with Crippen molar-refractivity contribution >= 4 is 23.8 Å². The molecule has 0 bridgehead atoms. The number of halogens is 2. The van der Waals surface area contributed by atoms with Gasteiger partial charge in [0.15, 0.2) is 6.61 Å². The molecule has 2 amide bonds. The first-order valence-corrected chi connectivity index (χ1v) is 8.24. The molecule has 0 fully saturated rings. The van der Waals surface area contributed by atoms with Crippen molar-refractivity contribution in [3.63, 3.8) is 0 Å². The van der Waals surface area contributed by atoms with Crippen LogP contribution in [0.1, 0.15) is 0 Å². The van der Waals surface area contributed by atoms with Crippen LogP contribution < -0.4 is 19.5 Å². The lowest BCUT2D eigenvalue weighted by Crippen LogP contribution is -2.37. The second-order valence-electron chi connectivity index (χ2n) is 4.92. The monoisotopic (exact) mass is 382 g/mol. The minimum Gasteiger partial charge on any atom is -0.497 e. The summed E-state index contributed by atoms with van der Waals surface area (Å²) >= 11 is 0.503. The Bertz CT molecular complexity index is 752. The summed E-state index contributed by atoms with van der Waals surface area (Å²) in [5.41, 5.74) is 0. The summed E-state index contributed by atoms with van der Waals surface area (Å²) in [5.74, 6) is -1.58. The van der Waals surface area contributed by atoms with E-state index in [1.54, 1.807) is 24.3 Å². The van der Waals surface area contributed by atoms with E-state index in [1.807, 2.05) is 0 Å². The fourth-order valence-corrected chi connectivity index (χ4v) is 2.39. The van der Waals surface area contributed by atoms with E-state index in [-0.39, 0.29) is 18.0 Å². The molecule has 0 unspecified atom stereocenters. The SMILES string of the molecule is COc1ccc(OCC(=O)NCC(=O)NSc2c(F)cccc2F)cc1. The summed E-state index contributed by atoms with van der Waals surface area (Å²) in [4.78, 5) is 23.0. The maximum atomic E-state index is 13.4. The number of ether oxygens (including phenoxy) is 2. The molecule has 6 nitrogen and oxygen atoms in total. The lowest BCUT2D eigenvalue weighted by Gasteiger charge is -2.09. The minimum absolute atomic E-state index is 0.283. The summed E-state index contributed by atoms with van der Waals surface area (Å²) in [6.07, 6.45) is 0. The predicted molar refractivity (Wildman–Crippen MR) is 91.9 cm³/mol. The molecule has 0 aliphatic carbocycles. The van der Waals surface area contributed by atoms with Gasteiger partial charge in [-0.25, -0.2) is 8.78 Å². The number of nitrogens with one attached hydrogen (secondary N) is 2. The van der Waals surface area contributed by atoms with Gasteiger partial charge in [-0.3, -0.25) is 14.3 Å². The Kier molecular flexibility index (Phi) is 7.22. The van der Waals surface area contributed by atoms with E-state index >= 15 is 0 Å². The number of benzene rings is 2. The molecule has 26 heavy (non-hydrogen) atoms. The normalized spacial score (nSPS) is 10.1. The molecule has 2 aromatic carbocycles. The Morgan fingerprint density at radius 3 is 2.23 bits per heavy atom. The first kappa shape index (κ1) is 19.5. The number of carbonyl (C=O) groups excluding carboxylic acids is 2. The molecule has 0 aliphatic rings. The van der Waals surface area contributed by atoms with E-state index < -0.39 is 23.4 Å². The Balaban J connectivity index is 1.70. The molecule has 0 spiro atoms. The second kappa shape index (κ2) is 9.62. The molecule has 0 saturated heterocycles. The van der Waals surface area contributed by atoms with Crippen LogP contribution in [0.25, 0.3) is 0 Å². The van der Waals surface area contributed by atoms with Crippen molar-refractivity contribution in [3.05, 3.63) is 54.1 Å². The molecule has 9 heteroatoms. The second-order valence-corrected chi connectivity index (χ2v) is 5.74. The predicted octanol–water partition coefficient (Wildman–Crippen LogP) is 2.29. The van der Waals surface area contributed by atoms with Crippen LogP contribution in [0.2, 0.25) is 0 Å². The Morgan fingerprint density at radius 1 is 1.00 bits per heavy atom. The van der Waals surface area contributed by atoms with E-state index in [4.69, 9.17) is 9.47 Å². The van der Waals surface area contributed by atoms with Crippen LogP contribution in [0.4, 0.5) is 8.78 Å². The van der Waals surface area contributed by atoms with Gasteiger partial charge in [0.05, 0.1) is 18.6 Å². The first-order valence-electron chi connectivity index (χ1n) is 7.43. The third-order valence-electron chi connectivity index (χ3n) is 3.06. The van der Waals surface area contributed by atoms with E-state index in [0.717, 1.165) is 12.1 Å². The van der Waals surface area contributed by atoms with Crippen molar-refractivity contribution in [2.24, 2.45) is 0 Å². The van der Waals surface area contributed by atoms with Crippen molar-refractivity contribution in [1.82, 2.24) is 10.0 Å². The van der Waals surface area contributed by atoms with Crippen molar-refractivity contribution in [2.75, 3.05) is 20.3 Å². The molecule has 0 aromatic heterocycles. The third-order valence-corrected chi connectivity index (χ3v) is 3.99. The average Bonchev–Trinajstić information content (AvgIpc) is 2.64. The molecule has 0 radical (unpaired) electrons. The minimum atomic E-state index is -0.785. The third kappa shape index (κ3) is 5.92. The van der Waals surface area contributed by atoms with Crippen LogP contribution in [0.3, 0.4) is 0 Å². The van der Waals surface area contributed by atoms with Crippen molar-refractivity contribution in [2.45, 2.75) is 4.90 Å². The molecule has 2 aromatic rings. The van der Waals surface area contributed by atoms with Crippen molar-refractivity contribution in [1.29, 1.82) is 0 Å². The van der Waals surface area contributed by atoms with Crippen LogP contribution in [0.5, 0.6) is 11.5 Å². The number of methoxy groups -OCH3 is 1. The fraction of sp³-hybridized carbons (Fsp3) is 0.176. The molecule has 2 rings (SSSR count). The van der Waals surface area contributed by atoms with E-state index in [0.29, 0.717) is 23.4 Å². The Hall–Kier alpha value is -2.81. The van der Waals surface area contributed by atoms with Crippen LogP contribution in [0.15, 0.2) is 47.4 Å². The van der Waals surface area contributed by atoms with Gasteiger partial charge >= 0.3 is 0 Å². The van der Waals surface area contributed by atoms with Gasteiger partial charge in [-0.05, 0) is 48.3 Å². The topological polar surface area (TPSA) is 76.7 Å². The molecular formula is C17H16F2N2O4S. The molecule has 0 aliphatic heterocycles. The highest BCUT2D eigenvalue weighted by molar-refractivity contribution is 7.98. The van der Waals surface area contributed by atoms with Gasteiger partial charge in [0.1, 0.15) is 23.1 Å². The lowest BCUT2D eigenvalue weighted by atomic mass is 10.3. The molecule has 0 atom stereocenters. The highest BCUT2D eigenvalue weighted by atomic mass is 32.2. The highest BCUT2D eigenvalue weighted by Gasteiger charge is 2.12. The van der Waals surface area contributed by atoms with E-state index in [2.05, 4.69) is 10.0 Å². The smallest absolute Gasteiger partial charge is 0.258 e. The fourth-order valence-electron chi connectivity index (χ4n) is 1.77. The van der Waals surface area contributed by atoms with Gasteiger partial charge < -0.3 is 14.8 Å². The first-order chi connectivity index (χ1) is 12.5. The maximum Gasteiger partial charge on any atom is 0.258 e. The zero-order chi connectivity index (χ0) is 18.9. The number of amides is 2. The number of rotatable bonds is 8. The maximum absolute atomic E-state index is 13.4. The summed E-state index contributed by atoms with van der Waals surface area (Å²) in [5, 5.41) is 2.34. The van der Waals surface area contributed by atoms with Gasteiger partial charge in [0, 0.05) is 0 Å². The standard InChI is InChI=1S/C17H16F2N2O4S/c1-24-11-5-7-12(8-6-11)25-10-16(23)20-9-15(22)21-26-17-13(18)3-2-4-14(17)19/h2-8H,9-10H2,1H3,(H,20,23)(H,21,22). The summed E-state index contributed by atoms with van der Waals surface area (Å²) < 4.78 is 39.3. The molecule has 2 N–H and O–H groups in total. The number of hydrogen-bond donors (Lipinski definition) is 2. The van der Waals surface area contributed by atoms with Gasteiger partial charge in [0.25, 0.3) is 5.91 Å². The van der Waals surface area contributed by atoms with Gasteiger partial charge in [0.2, 0.25) is 5.91 Å². The van der Waals surface area contributed by atoms with E-state index in [9.17, 15) is 18.4 Å². The Morgan fingerprint density at radius 2 is 1.62 bits per heavy atom. The molecule has 138 valence electrons. The summed E-state index contributed by atoms with van der Waals surface area (Å²) in [7, 11) is 1.53. The van der Waals surface area contributed by atoms with Gasteiger partial charge in [-0.2, -0.15) is 0 Å². The largest absolute Gasteiger partial charge is 0.497 e. The summed E-state index contributed by atoms with van der Waals surface area (Å²) in [6.45, 7) is -0.636. The van der Waals surface area contributed by atoms with Crippen molar-refractivity contribution < 1.29 is 27.8 Å². The average molecular weight is 382 g/mol. The van der Waals surface area contributed by atoms with Gasteiger partial charge in [-0.1, -0.05) is 6.07 Å².